The molecule has 120 valence electrons. The molecule has 0 unspecified atom stereocenters. The van der Waals surface area contributed by atoms with E-state index in [1.807, 2.05) is 40.1 Å². The molecule has 0 N–H and O–H groups in total. The number of nitrogens with zero attached hydrogens (tertiary/aromatic N) is 2. The monoisotopic (exact) mass is 304 g/mol. The van der Waals surface area contributed by atoms with E-state index in [4.69, 9.17) is 9.47 Å². The van der Waals surface area contributed by atoms with Crippen molar-refractivity contribution in [2.75, 3.05) is 46.0 Å². The van der Waals surface area contributed by atoms with Crippen LogP contribution in [-0.2, 0) is 4.74 Å². The van der Waals surface area contributed by atoms with Gasteiger partial charge in [0, 0.05) is 26.2 Å². The second-order valence-corrected chi connectivity index (χ2v) is 5.94. The second-order valence-electron chi connectivity index (χ2n) is 5.94. The van der Waals surface area contributed by atoms with Gasteiger partial charge in [0.25, 0.3) is 0 Å². The number of para-hydroxylation sites is 1. The van der Waals surface area contributed by atoms with E-state index in [0.717, 1.165) is 51.4 Å². The Bertz CT molecular complexity index is 466. The van der Waals surface area contributed by atoms with Crippen LogP contribution in [0.25, 0.3) is 0 Å². The Morgan fingerprint density at radius 3 is 2.36 bits per heavy atom. The first-order valence-electron chi connectivity index (χ1n) is 8.12. The Morgan fingerprint density at radius 1 is 1.05 bits per heavy atom. The Kier molecular flexibility index (Phi) is 5.16. The van der Waals surface area contributed by atoms with Crippen molar-refractivity contribution in [2.45, 2.75) is 12.8 Å². The van der Waals surface area contributed by atoms with E-state index in [9.17, 15) is 4.79 Å². The fraction of sp³-hybridized carbons (Fsp3) is 0.588. The molecule has 2 saturated heterocycles. The molecule has 2 aliphatic rings. The van der Waals surface area contributed by atoms with Crippen LogP contribution in [0.3, 0.4) is 0 Å². The van der Waals surface area contributed by atoms with Crippen LogP contribution < -0.4 is 4.74 Å². The SMILES string of the molecule is O=C(N1CCOCC1)N1CCC(COc2ccccc2)CC1. The molecule has 0 spiro atoms. The van der Waals surface area contributed by atoms with Crippen LogP contribution in [0.5, 0.6) is 5.75 Å². The third-order valence-electron chi connectivity index (χ3n) is 4.40. The van der Waals surface area contributed by atoms with Gasteiger partial charge in [0.1, 0.15) is 5.75 Å². The van der Waals surface area contributed by atoms with Crippen LogP contribution in [-0.4, -0.2) is 61.8 Å². The number of benzene rings is 1. The molecule has 0 bridgehead atoms. The fourth-order valence-electron chi connectivity index (χ4n) is 2.98. The molecule has 0 saturated carbocycles. The number of carbonyl (C=O) groups is 1. The highest BCUT2D eigenvalue weighted by molar-refractivity contribution is 5.74. The van der Waals surface area contributed by atoms with Crippen molar-refractivity contribution < 1.29 is 14.3 Å². The van der Waals surface area contributed by atoms with Crippen LogP contribution in [0, 0.1) is 5.92 Å². The summed E-state index contributed by atoms with van der Waals surface area (Å²) < 4.78 is 11.1. The Balaban J connectivity index is 1.41. The normalized spacial score (nSPS) is 20.0. The van der Waals surface area contributed by atoms with Crippen molar-refractivity contribution in [3.05, 3.63) is 30.3 Å². The summed E-state index contributed by atoms with van der Waals surface area (Å²) in [6, 6.07) is 10.1. The molecule has 0 aromatic heterocycles. The third kappa shape index (κ3) is 3.91. The minimum absolute atomic E-state index is 0.172. The molecule has 2 fully saturated rings. The number of ether oxygens (including phenoxy) is 2. The maximum atomic E-state index is 12.4. The van der Waals surface area contributed by atoms with E-state index in [2.05, 4.69) is 0 Å². The molecule has 2 amide bonds. The number of amides is 2. The maximum Gasteiger partial charge on any atom is 0.320 e. The largest absolute Gasteiger partial charge is 0.493 e. The molecule has 5 nitrogen and oxygen atoms in total. The van der Waals surface area contributed by atoms with Crippen molar-refractivity contribution in [3.63, 3.8) is 0 Å². The Morgan fingerprint density at radius 2 is 1.68 bits per heavy atom. The quantitative estimate of drug-likeness (QED) is 0.860. The third-order valence-corrected chi connectivity index (χ3v) is 4.40. The van der Waals surface area contributed by atoms with Gasteiger partial charge in [-0.1, -0.05) is 18.2 Å². The first-order valence-corrected chi connectivity index (χ1v) is 8.12. The van der Waals surface area contributed by atoms with Gasteiger partial charge in [-0.2, -0.15) is 0 Å². The van der Waals surface area contributed by atoms with E-state index >= 15 is 0 Å². The Hall–Kier alpha value is -1.75. The summed E-state index contributed by atoms with van der Waals surface area (Å²) in [7, 11) is 0. The van der Waals surface area contributed by atoms with E-state index in [-0.39, 0.29) is 6.03 Å². The standard InChI is InChI=1S/C17H24N2O3/c20-17(19-10-12-21-13-11-19)18-8-6-15(7-9-18)14-22-16-4-2-1-3-5-16/h1-5,15H,6-14H2. The number of piperidine rings is 1. The number of carbonyl (C=O) groups excluding carboxylic acids is 1. The molecular formula is C17H24N2O3. The number of urea groups is 1. The van der Waals surface area contributed by atoms with E-state index in [1.165, 1.54) is 0 Å². The highest BCUT2D eigenvalue weighted by Crippen LogP contribution is 2.20. The van der Waals surface area contributed by atoms with Crippen molar-refractivity contribution in [1.29, 1.82) is 0 Å². The fourth-order valence-corrected chi connectivity index (χ4v) is 2.98. The van der Waals surface area contributed by atoms with Gasteiger partial charge < -0.3 is 19.3 Å². The molecule has 2 aliphatic heterocycles. The molecule has 3 rings (SSSR count). The number of hydrogen-bond donors (Lipinski definition) is 0. The zero-order valence-electron chi connectivity index (χ0n) is 12.9. The predicted molar refractivity (Wildman–Crippen MR) is 84.0 cm³/mol. The lowest BCUT2D eigenvalue weighted by Gasteiger charge is -2.37. The van der Waals surface area contributed by atoms with Gasteiger partial charge in [-0.05, 0) is 30.9 Å². The average Bonchev–Trinajstić information content (AvgIpc) is 2.61. The average molecular weight is 304 g/mol. The number of likely N-dealkylation sites (tertiary alicyclic amines) is 1. The minimum atomic E-state index is 0.172. The van der Waals surface area contributed by atoms with Gasteiger partial charge in [-0.15, -0.1) is 0 Å². The van der Waals surface area contributed by atoms with E-state index < -0.39 is 0 Å². The molecule has 1 aromatic rings. The summed E-state index contributed by atoms with van der Waals surface area (Å²) in [6.07, 6.45) is 2.03. The molecule has 1 aromatic carbocycles. The zero-order valence-corrected chi connectivity index (χ0v) is 12.9. The van der Waals surface area contributed by atoms with Crippen LogP contribution in [0.1, 0.15) is 12.8 Å². The summed E-state index contributed by atoms with van der Waals surface area (Å²) >= 11 is 0. The predicted octanol–water partition coefficient (Wildman–Crippen LogP) is 2.23. The van der Waals surface area contributed by atoms with Gasteiger partial charge in [0.05, 0.1) is 19.8 Å². The number of morpholine rings is 1. The number of rotatable bonds is 3. The lowest BCUT2D eigenvalue weighted by Crippen LogP contribution is -2.50. The topological polar surface area (TPSA) is 42.0 Å². The summed E-state index contributed by atoms with van der Waals surface area (Å²) in [4.78, 5) is 16.3. The van der Waals surface area contributed by atoms with Crippen molar-refractivity contribution in [3.8, 4) is 5.75 Å². The van der Waals surface area contributed by atoms with Gasteiger partial charge >= 0.3 is 6.03 Å². The van der Waals surface area contributed by atoms with Gasteiger partial charge in [0.15, 0.2) is 0 Å². The van der Waals surface area contributed by atoms with Crippen molar-refractivity contribution in [1.82, 2.24) is 9.80 Å². The smallest absolute Gasteiger partial charge is 0.320 e. The first kappa shape index (κ1) is 15.2. The first-order chi connectivity index (χ1) is 10.8. The summed E-state index contributed by atoms with van der Waals surface area (Å²) in [5.74, 6) is 1.46. The lowest BCUT2D eigenvalue weighted by molar-refractivity contribution is 0.0389. The van der Waals surface area contributed by atoms with Crippen molar-refractivity contribution >= 4 is 6.03 Å². The summed E-state index contributed by atoms with van der Waals surface area (Å²) in [6.45, 7) is 5.16. The number of hydrogen-bond acceptors (Lipinski definition) is 3. The molecule has 0 aliphatic carbocycles. The van der Waals surface area contributed by atoms with Crippen LogP contribution in [0.2, 0.25) is 0 Å². The molecule has 22 heavy (non-hydrogen) atoms. The molecule has 0 atom stereocenters. The van der Waals surface area contributed by atoms with Gasteiger partial charge in [-0.3, -0.25) is 0 Å². The molecule has 0 radical (unpaired) electrons. The highest BCUT2D eigenvalue weighted by Gasteiger charge is 2.27. The molecule has 2 heterocycles. The van der Waals surface area contributed by atoms with Gasteiger partial charge in [0.2, 0.25) is 0 Å². The highest BCUT2D eigenvalue weighted by atomic mass is 16.5. The molecular weight excluding hydrogens is 280 g/mol. The molecule has 5 heteroatoms. The summed E-state index contributed by atoms with van der Waals surface area (Å²) in [5.41, 5.74) is 0. The Labute approximate surface area is 131 Å². The van der Waals surface area contributed by atoms with Gasteiger partial charge in [-0.25, -0.2) is 4.79 Å². The maximum absolute atomic E-state index is 12.4. The van der Waals surface area contributed by atoms with Crippen LogP contribution in [0.4, 0.5) is 4.79 Å². The lowest BCUT2D eigenvalue weighted by atomic mass is 9.98. The second kappa shape index (κ2) is 7.49. The minimum Gasteiger partial charge on any atom is -0.493 e. The van der Waals surface area contributed by atoms with E-state index in [1.54, 1.807) is 0 Å². The van der Waals surface area contributed by atoms with E-state index in [0.29, 0.717) is 19.1 Å². The van der Waals surface area contributed by atoms with Crippen LogP contribution >= 0.6 is 0 Å². The summed E-state index contributed by atoms with van der Waals surface area (Å²) in [5, 5.41) is 0. The van der Waals surface area contributed by atoms with Crippen LogP contribution in [0.15, 0.2) is 30.3 Å². The van der Waals surface area contributed by atoms with Crippen molar-refractivity contribution in [2.24, 2.45) is 5.92 Å². The zero-order chi connectivity index (χ0) is 15.2.